The first kappa shape index (κ1) is 24.9. The number of nitrogens with zero attached hydrogens (tertiary/aromatic N) is 2. The number of fused-ring (bicyclic) bond motifs is 3. The Morgan fingerprint density at radius 3 is 2.00 bits per heavy atom. The van der Waals surface area contributed by atoms with Gasteiger partial charge in [-0.1, -0.05) is 141 Å². The van der Waals surface area contributed by atoms with Crippen molar-refractivity contribution in [1.82, 2.24) is 9.97 Å². The maximum atomic E-state index is 8.70. The molecule has 5 aromatic carbocycles. The molecule has 0 N–H and O–H groups in total. The van der Waals surface area contributed by atoms with Crippen molar-refractivity contribution >= 4 is 21.9 Å². The second-order valence-corrected chi connectivity index (χ2v) is 13.2. The van der Waals surface area contributed by atoms with Crippen LogP contribution in [0.1, 0.15) is 58.1 Å². The van der Waals surface area contributed by atoms with Crippen molar-refractivity contribution in [2.24, 2.45) is 5.41 Å². The maximum absolute atomic E-state index is 8.70. The molecule has 3 heterocycles. The Morgan fingerprint density at radius 1 is 0.673 bits per heavy atom. The Hall–Kier alpha value is -5.15. The summed E-state index contributed by atoms with van der Waals surface area (Å²) in [4.78, 5) is 8.77. The first-order valence-electron chi connectivity index (χ1n) is 22.1. The van der Waals surface area contributed by atoms with Gasteiger partial charge in [-0.05, 0) is 70.8 Å². The molecular weight excluding hydrogens is 813 g/mol. The third kappa shape index (κ3) is 8.00. The van der Waals surface area contributed by atoms with Gasteiger partial charge in [0, 0.05) is 53.0 Å². The molecule has 0 atom stereocenters. The predicted octanol–water partition coefficient (Wildman–Crippen LogP) is 12.8. The zero-order valence-electron chi connectivity index (χ0n) is 39.8. The smallest absolute Gasteiger partial charge is 0.120 e. The summed E-state index contributed by atoms with van der Waals surface area (Å²) in [5, 5.41) is 1.87. The summed E-state index contributed by atoms with van der Waals surface area (Å²) < 4.78 is 94.6. The number of para-hydroxylation sites is 1. The largest absolute Gasteiger partial charge is 0.501 e. The van der Waals surface area contributed by atoms with Crippen LogP contribution in [-0.2, 0) is 26.5 Å². The SMILES string of the molecule is [2H]C([2H])([2H])c1c[c-]c(-c2cc(-c3ccccc3)c(C([2H])([2H])[2H])cn2)cc1-c1ccccc1.[2H]C([2H])([2H])c1cnc(-c2[c-]ccc3c2oc2ccccc23)cc1C([2H])([2H])C(C)(C)C.[Ir]. The van der Waals surface area contributed by atoms with Crippen molar-refractivity contribution < 1.29 is 39.6 Å². The van der Waals surface area contributed by atoms with Crippen LogP contribution in [0.15, 0.2) is 138 Å². The molecular formula is C48H42IrN2O-2. The fourth-order valence-corrected chi connectivity index (χ4v) is 5.94. The Balaban J connectivity index is 0.000000207. The molecule has 0 spiro atoms. The van der Waals surface area contributed by atoms with Crippen LogP contribution < -0.4 is 0 Å². The van der Waals surface area contributed by atoms with Crippen molar-refractivity contribution in [3.05, 3.63) is 168 Å². The van der Waals surface area contributed by atoms with Gasteiger partial charge in [-0.3, -0.25) is 0 Å². The van der Waals surface area contributed by atoms with Crippen molar-refractivity contribution in [3.8, 4) is 44.8 Å². The molecule has 0 amide bonds. The van der Waals surface area contributed by atoms with Crippen LogP contribution in [-0.4, -0.2) is 9.97 Å². The molecule has 4 heteroatoms. The van der Waals surface area contributed by atoms with E-state index in [4.69, 9.17) is 19.5 Å². The van der Waals surface area contributed by atoms with E-state index in [1.165, 1.54) is 24.5 Å². The van der Waals surface area contributed by atoms with E-state index in [0.29, 0.717) is 39.2 Å². The van der Waals surface area contributed by atoms with Crippen molar-refractivity contribution in [1.29, 1.82) is 0 Å². The van der Waals surface area contributed by atoms with Crippen LogP contribution in [0.5, 0.6) is 0 Å². The number of aromatic nitrogens is 2. The van der Waals surface area contributed by atoms with Gasteiger partial charge in [0.1, 0.15) is 5.58 Å². The zero-order chi connectivity index (χ0) is 44.8. The normalized spacial score (nSPS) is 15.3. The third-order valence-corrected chi connectivity index (χ3v) is 8.31. The molecule has 261 valence electrons. The van der Waals surface area contributed by atoms with Crippen molar-refractivity contribution in [2.75, 3.05) is 0 Å². The fourth-order valence-electron chi connectivity index (χ4n) is 5.94. The summed E-state index contributed by atoms with van der Waals surface area (Å²) in [6.45, 7) is -1.84. The first-order chi connectivity index (χ1) is 29.1. The Labute approximate surface area is 336 Å². The number of benzene rings is 5. The van der Waals surface area contributed by atoms with Gasteiger partial charge < -0.3 is 14.4 Å². The van der Waals surface area contributed by atoms with Crippen LogP contribution in [0, 0.1) is 38.1 Å². The maximum Gasteiger partial charge on any atom is 0.120 e. The Kier molecular flexibility index (Phi) is 7.49. The summed E-state index contributed by atoms with van der Waals surface area (Å²) in [7, 11) is 0. The van der Waals surface area contributed by atoms with Gasteiger partial charge >= 0.3 is 0 Å². The topological polar surface area (TPSA) is 38.9 Å². The van der Waals surface area contributed by atoms with E-state index in [1.807, 2.05) is 91.0 Å². The molecule has 1 radical (unpaired) electrons. The standard InChI is InChI=1S/C25H20N.C23H22NO.Ir/c1-18-13-14-22(15-23(18)20-9-5-3-6-10-20)25-16-24(19(2)17-26-25)21-11-7-4-8-12-21;1-15-14-24-20(12-16(15)13-23(2,3)4)19-10-7-9-18-17-8-5-6-11-21(17)25-22(18)19;/h3-13,15-17H,1-2H3;5-9,11-12,14H,13H2,1-4H3;/q2*-1;/i1D3,2D3;1D3,13D2;. The molecule has 3 nitrogen and oxygen atoms in total. The van der Waals surface area contributed by atoms with Gasteiger partial charge in [0.25, 0.3) is 0 Å². The summed E-state index contributed by atoms with van der Waals surface area (Å²) in [5.41, 5.74) is 5.69. The quantitative estimate of drug-likeness (QED) is 0.162. The Morgan fingerprint density at radius 2 is 1.31 bits per heavy atom. The molecule has 0 saturated heterocycles. The van der Waals surface area contributed by atoms with E-state index in [1.54, 1.807) is 39.0 Å². The molecule has 3 aromatic heterocycles. The van der Waals surface area contributed by atoms with Crippen LogP contribution >= 0.6 is 0 Å². The van der Waals surface area contributed by atoms with Gasteiger partial charge in [0.15, 0.2) is 0 Å². The van der Waals surface area contributed by atoms with E-state index in [-0.39, 0.29) is 42.4 Å². The second kappa shape index (κ2) is 15.6. The average Bonchev–Trinajstić information content (AvgIpc) is 3.62. The van der Waals surface area contributed by atoms with E-state index < -0.39 is 32.3 Å². The number of aryl methyl sites for hydroxylation is 3. The van der Waals surface area contributed by atoms with E-state index in [0.717, 1.165) is 27.5 Å². The van der Waals surface area contributed by atoms with Crippen LogP contribution in [0.4, 0.5) is 0 Å². The second-order valence-electron chi connectivity index (χ2n) is 13.2. The van der Waals surface area contributed by atoms with Gasteiger partial charge in [0.2, 0.25) is 0 Å². The van der Waals surface area contributed by atoms with E-state index in [2.05, 4.69) is 22.1 Å². The summed E-state index contributed by atoms with van der Waals surface area (Å²) in [5.74, 6) is 0. The average molecular weight is 866 g/mol. The molecule has 8 rings (SSSR count). The predicted molar refractivity (Wildman–Crippen MR) is 213 cm³/mol. The van der Waals surface area contributed by atoms with Crippen molar-refractivity contribution in [3.63, 3.8) is 0 Å². The molecule has 0 bridgehead atoms. The number of hydrogen-bond acceptors (Lipinski definition) is 3. The summed E-state index contributed by atoms with van der Waals surface area (Å²) in [6, 6.07) is 42.6. The minimum atomic E-state index is -2.48. The third-order valence-electron chi connectivity index (χ3n) is 8.31. The van der Waals surface area contributed by atoms with Gasteiger partial charge in [0.05, 0.1) is 5.58 Å². The van der Waals surface area contributed by atoms with Gasteiger partial charge in [-0.15, -0.1) is 47.5 Å². The van der Waals surface area contributed by atoms with Crippen LogP contribution in [0.3, 0.4) is 0 Å². The molecule has 8 aromatic rings. The van der Waals surface area contributed by atoms with E-state index in [9.17, 15) is 0 Å². The van der Waals surface area contributed by atoms with E-state index >= 15 is 0 Å². The zero-order valence-corrected chi connectivity index (χ0v) is 31.2. The minimum Gasteiger partial charge on any atom is -0.501 e. The number of pyridine rings is 2. The summed E-state index contributed by atoms with van der Waals surface area (Å²) >= 11 is 0. The minimum absolute atomic E-state index is 0. The van der Waals surface area contributed by atoms with Gasteiger partial charge in [-0.25, -0.2) is 0 Å². The molecule has 0 unspecified atom stereocenters. The molecule has 0 saturated carbocycles. The van der Waals surface area contributed by atoms with Gasteiger partial charge in [-0.2, -0.15) is 0 Å². The molecule has 0 aliphatic carbocycles. The van der Waals surface area contributed by atoms with Crippen molar-refractivity contribution in [2.45, 2.75) is 47.7 Å². The molecule has 52 heavy (non-hydrogen) atoms. The van der Waals surface area contributed by atoms with Crippen LogP contribution in [0.25, 0.3) is 66.7 Å². The number of furan rings is 1. The Bertz CT molecular complexity index is 2780. The number of hydrogen-bond donors (Lipinski definition) is 0. The molecule has 0 aliphatic rings. The molecule has 0 fully saturated rings. The monoisotopic (exact) mass is 866 g/mol. The number of rotatable bonds is 5. The van der Waals surface area contributed by atoms with Crippen LogP contribution in [0.2, 0.25) is 0 Å². The molecule has 0 aliphatic heterocycles. The fraction of sp³-hybridized carbons (Fsp3) is 0.167. The first-order valence-corrected chi connectivity index (χ1v) is 16.6. The summed E-state index contributed by atoms with van der Waals surface area (Å²) in [6.07, 6.45) is 0.741.